The molecule has 0 N–H and O–H groups in total. The van der Waals surface area contributed by atoms with E-state index < -0.39 is 11.8 Å². The highest BCUT2D eigenvalue weighted by Crippen LogP contribution is 2.28. The van der Waals surface area contributed by atoms with E-state index in [0.29, 0.717) is 32.0 Å². The third-order valence-corrected chi connectivity index (χ3v) is 7.22. The Labute approximate surface area is 217 Å². The van der Waals surface area contributed by atoms with E-state index in [9.17, 15) is 9.59 Å². The zero-order valence-electron chi connectivity index (χ0n) is 23.4. The molecule has 4 nitrogen and oxygen atoms in total. The van der Waals surface area contributed by atoms with E-state index in [-0.39, 0.29) is 11.9 Å². The lowest BCUT2D eigenvalue weighted by Crippen LogP contribution is -2.34. The second-order valence-corrected chi connectivity index (χ2v) is 11.0. The maximum Gasteiger partial charge on any atom is 0.310 e. The van der Waals surface area contributed by atoms with Gasteiger partial charge in [-0.05, 0) is 31.6 Å². The van der Waals surface area contributed by atoms with Crippen LogP contribution in [0.4, 0.5) is 0 Å². The van der Waals surface area contributed by atoms with Gasteiger partial charge in [-0.15, -0.1) is 0 Å². The summed E-state index contributed by atoms with van der Waals surface area (Å²) >= 11 is 0. The molecule has 0 radical (unpaired) electrons. The minimum Gasteiger partial charge on any atom is -0.465 e. The molecule has 0 aliphatic heterocycles. The van der Waals surface area contributed by atoms with Crippen LogP contribution in [0.3, 0.4) is 0 Å². The summed E-state index contributed by atoms with van der Waals surface area (Å²) in [4.78, 5) is 25.1. The lowest BCUT2D eigenvalue weighted by molar-refractivity contribution is -0.161. The van der Waals surface area contributed by atoms with Crippen molar-refractivity contribution in [3.63, 3.8) is 0 Å². The second-order valence-electron chi connectivity index (χ2n) is 11.0. The van der Waals surface area contributed by atoms with Crippen LogP contribution in [0.25, 0.3) is 0 Å². The summed E-state index contributed by atoms with van der Waals surface area (Å²) in [6.45, 7) is 7.39. The molecule has 2 unspecified atom stereocenters. The summed E-state index contributed by atoms with van der Waals surface area (Å²) in [7, 11) is 0. The summed E-state index contributed by atoms with van der Waals surface area (Å²) < 4.78 is 11.0. The van der Waals surface area contributed by atoms with E-state index in [0.717, 1.165) is 19.3 Å². The van der Waals surface area contributed by atoms with Gasteiger partial charge in [-0.25, -0.2) is 0 Å². The molecular formula is C31H56O4. The molecule has 0 saturated carbocycles. The van der Waals surface area contributed by atoms with Crippen molar-refractivity contribution < 1.29 is 19.1 Å². The first-order chi connectivity index (χ1) is 17.1. The molecule has 0 aromatic rings. The molecule has 0 saturated heterocycles. The molecule has 0 heterocycles. The molecule has 2 atom stereocenters. The number of ether oxygens (including phenoxy) is 2. The Morgan fingerprint density at radius 3 is 1.40 bits per heavy atom. The van der Waals surface area contributed by atoms with Crippen LogP contribution in [0.1, 0.15) is 143 Å². The maximum atomic E-state index is 12.6. The van der Waals surface area contributed by atoms with Crippen molar-refractivity contribution in [3.05, 3.63) is 12.2 Å². The molecular weight excluding hydrogens is 436 g/mol. The predicted molar refractivity (Wildman–Crippen MR) is 146 cm³/mol. The van der Waals surface area contributed by atoms with Crippen LogP contribution in [0, 0.1) is 17.8 Å². The Hall–Kier alpha value is -1.32. The largest absolute Gasteiger partial charge is 0.465 e. The fraction of sp³-hybridized carbons (Fsp3) is 0.871. The van der Waals surface area contributed by atoms with E-state index in [4.69, 9.17) is 9.47 Å². The first kappa shape index (κ1) is 31.7. The fourth-order valence-corrected chi connectivity index (χ4v) is 4.77. The van der Waals surface area contributed by atoms with Crippen LogP contribution in [0.15, 0.2) is 12.2 Å². The van der Waals surface area contributed by atoms with Crippen LogP contribution < -0.4 is 0 Å². The van der Waals surface area contributed by atoms with Gasteiger partial charge in [0, 0.05) is 0 Å². The number of esters is 2. The average Bonchev–Trinajstić information content (AvgIpc) is 2.85. The molecule has 204 valence electrons. The quantitative estimate of drug-likeness (QED) is 0.0859. The Bertz CT molecular complexity index is 554. The predicted octanol–water partition coefficient (Wildman–Crippen LogP) is 8.96. The van der Waals surface area contributed by atoms with Crippen molar-refractivity contribution in [2.24, 2.45) is 17.8 Å². The van der Waals surface area contributed by atoms with E-state index in [2.05, 4.69) is 20.8 Å². The number of rotatable bonds is 22. The van der Waals surface area contributed by atoms with Gasteiger partial charge in [0.15, 0.2) is 0 Å². The monoisotopic (exact) mass is 492 g/mol. The van der Waals surface area contributed by atoms with E-state index >= 15 is 0 Å². The van der Waals surface area contributed by atoms with Crippen molar-refractivity contribution in [1.29, 1.82) is 0 Å². The molecule has 1 aliphatic rings. The van der Waals surface area contributed by atoms with Crippen LogP contribution in [-0.2, 0) is 19.1 Å². The highest BCUT2D eigenvalue weighted by molar-refractivity contribution is 5.82. The Morgan fingerprint density at radius 2 is 1.00 bits per heavy atom. The Kier molecular flexibility index (Phi) is 19.9. The van der Waals surface area contributed by atoms with Gasteiger partial charge in [0.05, 0.1) is 25.0 Å². The molecule has 0 aromatic carbocycles. The number of unbranched alkanes of at least 4 members (excludes halogenated alkanes) is 15. The average molecular weight is 493 g/mol. The normalized spacial score (nSPS) is 17.6. The lowest BCUT2D eigenvalue weighted by Gasteiger charge is -2.25. The lowest BCUT2D eigenvalue weighted by atomic mass is 9.83. The minimum atomic E-state index is -0.398. The topological polar surface area (TPSA) is 52.6 Å². The van der Waals surface area contributed by atoms with Gasteiger partial charge in [-0.1, -0.05) is 129 Å². The Balaban J connectivity index is 1.98. The third-order valence-electron chi connectivity index (χ3n) is 7.22. The molecule has 35 heavy (non-hydrogen) atoms. The van der Waals surface area contributed by atoms with Gasteiger partial charge in [-0.2, -0.15) is 0 Å². The van der Waals surface area contributed by atoms with Gasteiger partial charge in [0.1, 0.15) is 0 Å². The summed E-state index contributed by atoms with van der Waals surface area (Å²) in [5, 5.41) is 0. The number of carbonyl (C=O) groups is 2. The summed E-state index contributed by atoms with van der Waals surface area (Å²) in [5.41, 5.74) is 0. The van der Waals surface area contributed by atoms with Gasteiger partial charge in [0.2, 0.25) is 0 Å². The molecule has 0 spiro atoms. The summed E-state index contributed by atoms with van der Waals surface area (Å²) in [6, 6.07) is 0. The molecule has 4 heteroatoms. The first-order valence-electron chi connectivity index (χ1n) is 15.0. The molecule has 0 bridgehead atoms. The molecule has 0 amide bonds. The standard InChI is InChI=1S/C31H56O4/c1-4-5-6-7-8-9-10-11-12-13-14-15-16-17-18-21-25-34-30(32)28-22-19-20-23-29(28)31(33)35-26-24-27(2)3/h19-20,27-29H,4-18,21-26H2,1-3H3. The van der Waals surface area contributed by atoms with Crippen molar-refractivity contribution in [3.8, 4) is 0 Å². The molecule has 1 aliphatic carbocycles. The van der Waals surface area contributed by atoms with Gasteiger partial charge in [-0.3, -0.25) is 9.59 Å². The van der Waals surface area contributed by atoms with Gasteiger partial charge >= 0.3 is 11.9 Å². The van der Waals surface area contributed by atoms with Gasteiger partial charge < -0.3 is 9.47 Å². The molecule has 1 rings (SSSR count). The zero-order chi connectivity index (χ0) is 25.6. The van der Waals surface area contributed by atoms with Crippen molar-refractivity contribution in [1.82, 2.24) is 0 Å². The zero-order valence-corrected chi connectivity index (χ0v) is 23.4. The van der Waals surface area contributed by atoms with E-state index in [1.807, 2.05) is 12.2 Å². The second kappa shape index (κ2) is 21.9. The van der Waals surface area contributed by atoms with E-state index in [1.54, 1.807) is 0 Å². The Morgan fingerprint density at radius 1 is 0.629 bits per heavy atom. The third kappa shape index (κ3) is 16.9. The van der Waals surface area contributed by atoms with Gasteiger partial charge in [0.25, 0.3) is 0 Å². The van der Waals surface area contributed by atoms with E-state index in [1.165, 1.54) is 89.9 Å². The fourth-order valence-electron chi connectivity index (χ4n) is 4.77. The summed E-state index contributed by atoms with van der Waals surface area (Å²) in [6.07, 6.45) is 27.2. The SMILES string of the molecule is CCCCCCCCCCCCCCCCCCOC(=O)C1CC=CCC1C(=O)OCCC(C)C. The number of allylic oxidation sites excluding steroid dienone is 2. The molecule has 0 fully saturated rings. The number of carbonyl (C=O) groups excluding carboxylic acids is 2. The minimum absolute atomic E-state index is 0.235. The highest BCUT2D eigenvalue weighted by atomic mass is 16.5. The van der Waals surface area contributed by atoms with Crippen LogP contribution in [0.2, 0.25) is 0 Å². The number of hydrogen-bond donors (Lipinski definition) is 0. The smallest absolute Gasteiger partial charge is 0.310 e. The number of hydrogen-bond acceptors (Lipinski definition) is 4. The van der Waals surface area contributed by atoms with Crippen molar-refractivity contribution >= 4 is 11.9 Å². The van der Waals surface area contributed by atoms with Crippen molar-refractivity contribution in [2.45, 2.75) is 143 Å². The first-order valence-corrected chi connectivity index (χ1v) is 15.0. The van der Waals surface area contributed by atoms with Crippen molar-refractivity contribution in [2.75, 3.05) is 13.2 Å². The maximum absolute atomic E-state index is 12.6. The van der Waals surface area contributed by atoms with Crippen LogP contribution in [0.5, 0.6) is 0 Å². The molecule has 0 aromatic heterocycles. The summed E-state index contributed by atoms with van der Waals surface area (Å²) in [5.74, 6) is -0.784. The van der Waals surface area contributed by atoms with Crippen LogP contribution in [-0.4, -0.2) is 25.2 Å². The van der Waals surface area contributed by atoms with Crippen LogP contribution >= 0.6 is 0 Å². The highest BCUT2D eigenvalue weighted by Gasteiger charge is 2.36.